The van der Waals surface area contributed by atoms with Crippen molar-refractivity contribution in [3.05, 3.63) is 95.8 Å². The minimum Gasteiger partial charge on any atom is -0.491 e. The van der Waals surface area contributed by atoms with E-state index in [1.165, 1.54) is 4.90 Å². The maximum Gasteiger partial charge on any atom is 0.255 e. The fraction of sp³-hybridized carbons (Fsp3) is 0.344. The van der Waals surface area contributed by atoms with Gasteiger partial charge in [-0.3, -0.25) is 24.2 Å². The molecule has 0 fully saturated rings. The van der Waals surface area contributed by atoms with Gasteiger partial charge in [0, 0.05) is 38.3 Å². The smallest absolute Gasteiger partial charge is 0.255 e. The van der Waals surface area contributed by atoms with Crippen molar-refractivity contribution in [2.75, 3.05) is 26.8 Å². The highest BCUT2D eigenvalue weighted by atomic mass is 16.5. The van der Waals surface area contributed by atoms with E-state index in [1.54, 1.807) is 43.6 Å². The number of aliphatic hydroxyl groups is 1. The predicted octanol–water partition coefficient (Wildman–Crippen LogP) is 1.26. The number of para-hydroxylation sites is 1. The summed E-state index contributed by atoms with van der Waals surface area (Å²) in [5, 5.41) is 18.1. The monoisotopic (exact) mass is 587 g/mol. The summed E-state index contributed by atoms with van der Waals surface area (Å²) in [4.78, 5) is 58.6. The van der Waals surface area contributed by atoms with Crippen LogP contribution in [0.25, 0.3) is 0 Å². The summed E-state index contributed by atoms with van der Waals surface area (Å²) >= 11 is 0. The number of pyridine rings is 1. The van der Waals surface area contributed by atoms with E-state index in [-0.39, 0.29) is 37.3 Å². The van der Waals surface area contributed by atoms with Gasteiger partial charge >= 0.3 is 0 Å². The highest BCUT2D eigenvalue weighted by Crippen LogP contribution is 2.20. The molecular weight excluding hydrogens is 550 g/mol. The first kappa shape index (κ1) is 31.2. The second-order valence-electron chi connectivity index (χ2n) is 10.3. The minimum absolute atomic E-state index is 0.0327. The van der Waals surface area contributed by atoms with Crippen molar-refractivity contribution in [1.82, 2.24) is 25.8 Å². The van der Waals surface area contributed by atoms with Crippen molar-refractivity contribution in [3.8, 4) is 5.75 Å². The number of benzene rings is 2. The second kappa shape index (κ2) is 15.5. The zero-order valence-corrected chi connectivity index (χ0v) is 24.1. The maximum atomic E-state index is 13.4. The summed E-state index contributed by atoms with van der Waals surface area (Å²) < 4.78 is 6.13. The third kappa shape index (κ3) is 8.86. The number of aromatic nitrogens is 1. The van der Waals surface area contributed by atoms with Gasteiger partial charge in [0.05, 0.1) is 18.2 Å². The highest BCUT2D eigenvalue weighted by Gasteiger charge is 2.30. The lowest BCUT2D eigenvalue weighted by atomic mass is 10.0. The van der Waals surface area contributed by atoms with Gasteiger partial charge in [0.2, 0.25) is 17.7 Å². The number of carbonyl (C=O) groups excluding carboxylic acids is 4. The molecule has 2 aromatic carbocycles. The molecule has 1 aliphatic heterocycles. The summed E-state index contributed by atoms with van der Waals surface area (Å²) in [7, 11) is 1.59. The molecule has 0 unspecified atom stereocenters. The Morgan fingerprint density at radius 3 is 2.51 bits per heavy atom. The molecule has 0 aliphatic carbocycles. The number of nitrogens with one attached hydrogen (secondary N) is 3. The molecule has 0 radical (unpaired) electrons. The Labute approximate surface area is 250 Å². The second-order valence-corrected chi connectivity index (χ2v) is 10.3. The van der Waals surface area contributed by atoms with E-state index >= 15 is 0 Å². The predicted molar refractivity (Wildman–Crippen MR) is 159 cm³/mol. The molecule has 0 saturated heterocycles. The lowest BCUT2D eigenvalue weighted by Gasteiger charge is -2.31. The van der Waals surface area contributed by atoms with Crippen LogP contribution in [0.1, 0.15) is 34.5 Å². The molecule has 43 heavy (non-hydrogen) atoms. The van der Waals surface area contributed by atoms with E-state index in [4.69, 9.17) is 4.74 Å². The third-order valence-corrected chi connectivity index (χ3v) is 7.28. The average molecular weight is 588 g/mol. The van der Waals surface area contributed by atoms with Crippen molar-refractivity contribution in [1.29, 1.82) is 0 Å². The average Bonchev–Trinajstić information content (AvgIpc) is 3.03. The number of amides is 4. The van der Waals surface area contributed by atoms with Crippen LogP contribution in [0.3, 0.4) is 0 Å². The first-order valence-electron chi connectivity index (χ1n) is 14.3. The standard InChI is InChI=1S/C32H37N5O6/c1-37-24(19-22-9-3-2-4-10-22)21-43-28-13-6-5-12-25(28)30(40)36-26(14-15-29(39)35-27(20-38)32(37)42)31(41)34-18-16-23-11-7-8-17-33-23/h2-13,17,24,26-27,38H,14-16,18-21H2,1H3,(H,34,41)(H,35,39)(H,36,40)/t24-,26+,27+/m1/s1. The third-order valence-electron chi connectivity index (χ3n) is 7.28. The van der Waals surface area contributed by atoms with Crippen LogP contribution in [0, 0.1) is 0 Å². The largest absolute Gasteiger partial charge is 0.491 e. The molecule has 1 aromatic heterocycles. The van der Waals surface area contributed by atoms with E-state index in [1.807, 2.05) is 42.5 Å². The minimum atomic E-state index is -1.19. The van der Waals surface area contributed by atoms with Gasteiger partial charge < -0.3 is 30.7 Å². The molecule has 226 valence electrons. The molecular formula is C32H37N5O6. The zero-order chi connectivity index (χ0) is 30.6. The molecule has 3 aromatic rings. The fourth-order valence-electron chi connectivity index (χ4n) is 4.80. The van der Waals surface area contributed by atoms with Crippen LogP contribution >= 0.6 is 0 Å². The lowest BCUT2D eigenvalue weighted by molar-refractivity contribution is -0.138. The van der Waals surface area contributed by atoms with Crippen molar-refractivity contribution in [2.24, 2.45) is 0 Å². The van der Waals surface area contributed by atoms with Gasteiger partial charge in [-0.05, 0) is 42.7 Å². The summed E-state index contributed by atoms with van der Waals surface area (Å²) in [6.45, 7) is -0.292. The Hall–Kier alpha value is -4.77. The molecule has 0 saturated carbocycles. The Bertz CT molecular complexity index is 1390. The summed E-state index contributed by atoms with van der Waals surface area (Å²) in [5.41, 5.74) is 1.98. The molecule has 11 nitrogen and oxygen atoms in total. The van der Waals surface area contributed by atoms with Crippen LogP contribution in [0.4, 0.5) is 0 Å². The molecule has 1 aliphatic rings. The SMILES string of the molecule is CN1C(=O)[C@H](CO)NC(=O)CC[C@@H](C(=O)NCCc2ccccn2)NC(=O)c2ccccc2OC[C@H]1Cc1ccccc1. The van der Waals surface area contributed by atoms with E-state index in [2.05, 4.69) is 20.9 Å². The zero-order valence-electron chi connectivity index (χ0n) is 24.1. The molecule has 4 N–H and O–H groups in total. The molecule has 2 heterocycles. The number of aliphatic hydroxyl groups excluding tert-OH is 1. The van der Waals surface area contributed by atoms with Gasteiger partial charge in [-0.15, -0.1) is 0 Å². The topological polar surface area (TPSA) is 150 Å². The number of nitrogens with zero attached hydrogens (tertiary/aromatic N) is 2. The maximum absolute atomic E-state index is 13.4. The van der Waals surface area contributed by atoms with E-state index in [0.717, 1.165) is 11.3 Å². The highest BCUT2D eigenvalue weighted by molar-refractivity contribution is 5.99. The Morgan fingerprint density at radius 1 is 1.02 bits per heavy atom. The van der Waals surface area contributed by atoms with Crippen molar-refractivity contribution >= 4 is 23.6 Å². The fourth-order valence-corrected chi connectivity index (χ4v) is 4.80. The van der Waals surface area contributed by atoms with Gasteiger partial charge in [-0.25, -0.2) is 0 Å². The quantitative estimate of drug-likeness (QED) is 0.325. The number of carbonyl (C=O) groups is 4. The van der Waals surface area contributed by atoms with Gasteiger partial charge in [-0.1, -0.05) is 48.5 Å². The summed E-state index contributed by atoms with van der Waals surface area (Å²) in [6.07, 6.45) is 2.39. The summed E-state index contributed by atoms with van der Waals surface area (Å²) in [5.74, 6) is -1.73. The number of fused-ring (bicyclic) bond motifs is 1. The Balaban J connectivity index is 1.57. The van der Waals surface area contributed by atoms with Gasteiger partial charge in [0.25, 0.3) is 5.91 Å². The first-order valence-corrected chi connectivity index (χ1v) is 14.3. The molecule has 11 heteroatoms. The van der Waals surface area contributed by atoms with Crippen LogP contribution in [-0.2, 0) is 27.2 Å². The van der Waals surface area contributed by atoms with Crippen molar-refractivity contribution < 1.29 is 29.0 Å². The normalized spacial score (nSPS) is 20.0. The summed E-state index contributed by atoms with van der Waals surface area (Å²) in [6, 6.07) is 19.0. The number of rotatable bonds is 7. The van der Waals surface area contributed by atoms with Crippen molar-refractivity contribution in [3.63, 3.8) is 0 Å². The van der Waals surface area contributed by atoms with Gasteiger partial charge in [0.1, 0.15) is 24.4 Å². The van der Waals surface area contributed by atoms with E-state index in [0.29, 0.717) is 12.8 Å². The van der Waals surface area contributed by atoms with E-state index < -0.39 is 48.4 Å². The number of likely N-dealkylation sites (N-methyl/N-ethyl adjacent to an activating group) is 1. The lowest BCUT2D eigenvalue weighted by Crippen LogP contribution is -2.54. The Morgan fingerprint density at radius 2 is 1.77 bits per heavy atom. The van der Waals surface area contributed by atoms with E-state index in [9.17, 15) is 24.3 Å². The van der Waals surface area contributed by atoms with Crippen LogP contribution in [0.15, 0.2) is 79.0 Å². The van der Waals surface area contributed by atoms with Gasteiger partial charge in [0.15, 0.2) is 0 Å². The first-order chi connectivity index (χ1) is 20.9. The van der Waals surface area contributed by atoms with Crippen molar-refractivity contribution in [2.45, 2.75) is 43.8 Å². The number of hydrogen-bond acceptors (Lipinski definition) is 7. The number of hydrogen-bond donors (Lipinski definition) is 4. The molecule has 4 amide bonds. The molecule has 3 atom stereocenters. The number of ether oxygens (including phenoxy) is 1. The van der Waals surface area contributed by atoms with Gasteiger partial charge in [-0.2, -0.15) is 0 Å². The van der Waals surface area contributed by atoms with Crippen LogP contribution in [-0.4, -0.2) is 83.6 Å². The Kier molecular flexibility index (Phi) is 11.2. The van der Waals surface area contributed by atoms with Crippen LogP contribution in [0.5, 0.6) is 5.75 Å². The molecule has 0 spiro atoms. The molecule has 4 rings (SSSR count). The van der Waals surface area contributed by atoms with Crippen LogP contribution in [0.2, 0.25) is 0 Å². The molecule has 0 bridgehead atoms. The van der Waals surface area contributed by atoms with Crippen LogP contribution < -0.4 is 20.7 Å².